The second-order valence-corrected chi connectivity index (χ2v) is 4.90. The largest absolute Gasteiger partial charge is 0.394 e. The molecule has 0 bridgehead atoms. The van der Waals surface area contributed by atoms with Crippen LogP contribution in [-0.2, 0) is 9.47 Å². The maximum absolute atomic E-state index is 9.09. The summed E-state index contributed by atoms with van der Waals surface area (Å²) in [6.07, 6.45) is -0.531. The van der Waals surface area contributed by atoms with Gasteiger partial charge in [0.1, 0.15) is 0 Å². The maximum Gasteiger partial charge on any atom is 0.163 e. The summed E-state index contributed by atoms with van der Waals surface area (Å²) >= 11 is 1.57. The summed E-state index contributed by atoms with van der Waals surface area (Å²) in [5.74, 6) is 0.859. The summed E-state index contributed by atoms with van der Waals surface area (Å²) in [7, 11) is 0. The van der Waals surface area contributed by atoms with E-state index < -0.39 is 11.9 Å². The fraction of sp³-hybridized carbons (Fsp3) is 1.00. The molecule has 0 radical (unpaired) electrons. The number of hydrogen-bond donors (Lipinski definition) is 2. The van der Waals surface area contributed by atoms with Gasteiger partial charge in [-0.15, -0.1) is 0 Å². The monoisotopic (exact) mass is 222 g/mol. The number of rotatable bonds is 5. The molecule has 1 heterocycles. The first-order chi connectivity index (χ1) is 6.53. The van der Waals surface area contributed by atoms with Crippen LogP contribution in [-0.4, -0.2) is 52.9 Å². The number of ether oxygens (including phenoxy) is 2. The zero-order chi connectivity index (χ0) is 10.6. The van der Waals surface area contributed by atoms with Gasteiger partial charge in [-0.1, -0.05) is 0 Å². The minimum absolute atomic E-state index is 0.0980. The molecule has 0 aromatic heterocycles. The van der Waals surface area contributed by atoms with E-state index in [-0.39, 0.29) is 12.7 Å². The van der Waals surface area contributed by atoms with Gasteiger partial charge in [0.2, 0.25) is 0 Å². The van der Waals surface area contributed by atoms with Gasteiger partial charge in [0.25, 0.3) is 0 Å². The van der Waals surface area contributed by atoms with Crippen molar-refractivity contribution in [3.63, 3.8) is 0 Å². The maximum atomic E-state index is 9.09. The molecular formula is C9H18O4S. The van der Waals surface area contributed by atoms with E-state index in [1.807, 2.05) is 13.8 Å². The van der Waals surface area contributed by atoms with Crippen LogP contribution in [0.4, 0.5) is 0 Å². The Labute approximate surface area is 88.6 Å². The van der Waals surface area contributed by atoms with Crippen LogP contribution < -0.4 is 0 Å². The molecular weight excluding hydrogens is 204 g/mol. The Morgan fingerprint density at radius 3 is 2.79 bits per heavy atom. The number of aliphatic hydroxyl groups is 2. The first-order valence-corrected chi connectivity index (χ1v) is 5.87. The lowest BCUT2D eigenvalue weighted by molar-refractivity contribution is -0.135. The molecule has 0 saturated carbocycles. The molecule has 5 heteroatoms. The minimum Gasteiger partial charge on any atom is -0.394 e. The Balaban J connectivity index is 2.09. The van der Waals surface area contributed by atoms with E-state index in [2.05, 4.69) is 0 Å². The molecule has 1 rings (SSSR count). The average molecular weight is 222 g/mol. The molecule has 0 spiro atoms. The molecule has 2 atom stereocenters. The van der Waals surface area contributed by atoms with E-state index >= 15 is 0 Å². The second-order valence-electron chi connectivity index (χ2n) is 3.82. The molecule has 2 unspecified atom stereocenters. The smallest absolute Gasteiger partial charge is 0.163 e. The van der Waals surface area contributed by atoms with Gasteiger partial charge in [0.05, 0.1) is 25.4 Å². The van der Waals surface area contributed by atoms with Gasteiger partial charge in [-0.05, 0) is 13.8 Å². The van der Waals surface area contributed by atoms with Crippen LogP contribution in [0.5, 0.6) is 0 Å². The summed E-state index contributed by atoms with van der Waals surface area (Å²) in [5, 5.41) is 17.7. The predicted molar refractivity (Wildman–Crippen MR) is 55.3 cm³/mol. The molecule has 0 aliphatic carbocycles. The zero-order valence-electron chi connectivity index (χ0n) is 8.60. The third kappa shape index (κ3) is 4.14. The lowest BCUT2D eigenvalue weighted by Crippen LogP contribution is -2.23. The first kappa shape index (κ1) is 12.3. The van der Waals surface area contributed by atoms with Crippen molar-refractivity contribution in [3.05, 3.63) is 0 Å². The molecule has 1 fully saturated rings. The van der Waals surface area contributed by atoms with Crippen molar-refractivity contribution in [1.29, 1.82) is 0 Å². The van der Waals surface area contributed by atoms with Crippen molar-refractivity contribution in [2.75, 3.05) is 24.7 Å². The molecule has 84 valence electrons. The third-order valence-electron chi connectivity index (χ3n) is 1.89. The molecule has 1 saturated heterocycles. The van der Waals surface area contributed by atoms with Gasteiger partial charge in [0, 0.05) is 11.5 Å². The normalized spacial score (nSPS) is 27.9. The zero-order valence-corrected chi connectivity index (χ0v) is 9.42. The van der Waals surface area contributed by atoms with Crippen molar-refractivity contribution in [2.24, 2.45) is 0 Å². The minimum atomic E-state index is -0.629. The molecule has 0 amide bonds. The van der Waals surface area contributed by atoms with E-state index in [1.165, 1.54) is 0 Å². The van der Waals surface area contributed by atoms with Gasteiger partial charge < -0.3 is 19.7 Å². The predicted octanol–water partition coefficient (Wildman–Crippen LogP) is 0.224. The van der Waals surface area contributed by atoms with Gasteiger partial charge in [0.15, 0.2) is 5.79 Å². The van der Waals surface area contributed by atoms with E-state index in [1.54, 1.807) is 11.8 Å². The van der Waals surface area contributed by atoms with Crippen molar-refractivity contribution in [2.45, 2.75) is 31.8 Å². The van der Waals surface area contributed by atoms with Crippen LogP contribution in [0.1, 0.15) is 13.8 Å². The molecule has 2 N–H and O–H groups in total. The lowest BCUT2D eigenvalue weighted by Gasteiger charge is -2.17. The summed E-state index contributed by atoms with van der Waals surface area (Å²) in [6, 6.07) is 0. The van der Waals surface area contributed by atoms with Gasteiger partial charge in [-0.25, -0.2) is 0 Å². The van der Waals surface area contributed by atoms with E-state index in [0.29, 0.717) is 12.4 Å². The van der Waals surface area contributed by atoms with Crippen LogP contribution in [0.15, 0.2) is 0 Å². The van der Waals surface area contributed by atoms with E-state index in [9.17, 15) is 0 Å². The Hall–Kier alpha value is 0.190. The highest BCUT2D eigenvalue weighted by molar-refractivity contribution is 7.99. The number of thioether (sulfide) groups is 1. The summed E-state index contributed by atoms with van der Waals surface area (Å²) in [5.41, 5.74) is 0. The fourth-order valence-electron chi connectivity index (χ4n) is 1.23. The highest BCUT2D eigenvalue weighted by Crippen LogP contribution is 2.24. The molecule has 1 aliphatic heterocycles. The lowest BCUT2D eigenvalue weighted by atomic mass is 10.4. The van der Waals surface area contributed by atoms with Crippen LogP contribution in [0.3, 0.4) is 0 Å². The highest BCUT2D eigenvalue weighted by Gasteiger charge is 2.32. The highest BCUT2D eigenvalue weighted by atomic mass is 32.2. The third-order valence-corrected chi connectivity index (χ3v) is 3.12. The number of aliphatic hydroxyl groups excluding tert-OH is 2. The number of hydrogen-bond acceptors (Lipinski definition) is 5. The molecule has 4 nitrogen and oxygen atoms in total. The first-order valence-electron chi connectivity index (χ1n) is 4.72. The topological polar surface area (TPSA) is 58.9 Å². The Morgan fingerprint density at radius 1 is 1.57 bits per heavy atom. The second kappa shape index (κ2) is 5.32. The SMILES string of the molecule is CC1(C)OCC(CSCC(O)CO)O1. The summed E-state index contributed by atoms with van der Waals surface area (Å²) < 4.78 is 11.0. The average Bonchev–Trinajstić information content (AvgIpc) is 2.45. The van der Waals surface area contributed by atoms with Crippen molar-refractivity contribution in [1.82, 2.24) is 0 Å². The van der Waals surface area contributed by atoms with Crippen LogP contribution >= 0.6 is 11.8 Å². The van der Waals surface area contributed by atoms with Crippen molar-refractivity contribution >= 4 is 11.8 Å². The van der Waals surface area contributed by atoms with E-state index in [0.717, 1.165) is 5.75 Å². The van der Waals surface area contributed by atoms with Crippen LogP contribution in [0.2, 0.25) is 0 Å². The Bertz CT molecular complexity index is 174. The molecule has 14 heavy (non-hydrogen) atoms. The van der Waals surface area contributed by atoms with Crippen molar-refractivity contribution < 1.29 is 19.7 Å². The Kier molecular flexibility index (Phi) is 4.66. The molecule has 0 aromatic carbocycles. The van der Waals surface area contributed by atoms with Gasteiger partial charge in [-0.3, -0.25) is 0 Å². The molecule has 0 aromatic rings. The standard InChI is InChI=1S/C9H18O4S/c1-9(2)12-4-8(13-9)6-14-5-7(11)3-10/h7-8,10-11H,3-6H2,1-2H3. The molecule has 1 aliphatic rings. The van der Waals surface area contributed by atoms with Crippen LogP contribution in [0.25, 0.3) is 0 Å². The van der Waals surface area contributed by atoms with Gasteiger partial charge in [-0.2, -0.15) is 11.8 Å². The fourth-order valence-corrected chi connectivity index (χ4v) is 2.17. The summed E-state index contributed by atoms with van der Waals surface area (Å²) in [4.78, 5) is 0. The van der Waals surface area contributed by atoms with E-state index in [4.69, 9.17) is 19.7 Å². The summed E-state index contributed by atoms with van der Waals surface area (Å²) in [6.45, 7) is 4.20. The van der Waals surface area contributed by atoms with Crippen molar-refractivity contribution in [3.8, 4) is 0 Å². The van der Waals surface area contributed by atoms with Crippen LogP contribution in [0, 0.1) is 0 Å². The van der Waals surface area contributed by atoms with Gasteiger partial charge >= 0.3 is 0 Å². The Morgan fingerprint density at radius 2 is 2.29 bits per heavy atom. The quantitative estimate of drug-likeness (QED) is 0.697.